The van der Waals surface area contributed by atoms with Gasteiger partial charge in [-0.3, -0.25) is 14.5 Å². The third kappa shape index (κ3) is 12.7. The first kappa shape index (κ1) is 29.9. The zero-order valence-electron chi connectivity index (χ0n) is 18.9. The Morgan fingerprint density at radius 2 is 1.97 bits per heavy atom. The summed E-state index contributed by atoms with van der Waals surface area (Å²) >= 11 is 7.75. The Kier molecular flexibility index (Phi) is 17.3. The van der Waals surface area contributed by atoms with Crippen molar-refractivity contribution in [2.45, 2.75) is 38.2 Å². The van der Waals surface area contributed by atoms with E-state index in [1.54, 1.807) is 19.9 Å². The van der Waals surface area contributed by atoms with Gasteiger partial charge in [0.15, 0.2) is 0 Å². The highest BCUT2D eigenvalue weighted by Gasteiger charge is 2.25. The SMILES string of the molecule is CC(C)OC(=O)OCSC1CCN(Cc2ccccc2Cl)C/C1=C/C=O.CO.COC=O. The van der Waals surface area contributed by atoms with Crippen LogP contribution in [0.5, 0.6) is 0 Å². The molecule has 0 amide bonds. The van der Waals surface area contributed by atoms with Crippen molar-refractivity contribution in [1.82, 2.24) is 4.90 Å². The summed E-state index contributed by atoms with van der Waals surface area (Å²) in [7, 11) is 2.31. The van der Waals surface area contributed by atoms with Crippen LogP contribution in [0.4, 0.5) is 4.79 Å². The number of piperidine rings is 1. The van der Waals surface area contributed by atoms with Gasteiger partial charge >= 0.3 is 6.16 Å². The minimum Gasteiger partial charge on any atom is -0.471 e. The van der Waals surface area contributed by atoms with Crippen LogP contribution in [0.2, 0.25) is 5.02 Å². The molecule has 32 heavy (non-hydrogen) atoms. The van der Waals surface area contributed by atoms with Gasteiger partial charge in [-0.15, -0.1) is 11.8 Å². The Bertz CT molecular complexity index is 715. The van der Waals surface area contributed by atoms with Gasteiger partial charge in [0.2, 0.25) is 0 Å². The van der Waals surface area contributed by atoms with E-state index < -0.39 is 6.16 Å². The monoisotopic (exact) mass is 489 g/mol. The highest BCUT2D eigenvalue weighted by molar-refractivity contribution is 7.99. The second-order valence-electron chi connectivity index (χ2n) is 6.63. The number of nitrogens with zero attached hydrogens (tertiary/aromatic N) is 1. The Morgan fingerprint density at radius 3 is 2.53 bits per heavy atom. The first-order chi connectivity index (χ1) is 15.4. The lowest BCUT2D eigenvalue weighted by molar-refractivity contribution is -0.126. The maximum absolute atomic E-state index is 11.4. The van der Waals surface area contributed by atoms with Gasteiger partial charge < -0.3 is 19.3 Å². The Balaban J connectivity index is 0.00000144. The number of thioether (sulfide) groups is 1. The van der Waals surface area contributed by atoms with Crippen LogP contribution < -0.4 is 0 Å². The van der Waals surface area contributed by atoms with Crippen molar-refractivity contribution < 1.29 is 33.7 Å². The van der Waals surface area contributed by atoms with Gasteiger partial charge in [0, 0.05) is 37.0 Å². The van der Waals surface area contributed by atoms with Crippen molar-refractivity contribution in [1.29, 1.82) is 0 Å². The number of benzene rings is 1. The molecule has 180 valence electrons. The minimum absolute atomic E-state index is 0.148. The molecular formula is C22H32ClNO7S. The van der Waals surface area contributed by atoms with Gasteiger partial charge in [-0.2, -0.15) is 0 Å². The number of hydrogen-bond donors (Lipinski definition) is 1. The topological polar surface area (TPSA) is 102 Å². The van der Waals surface area contributed by atoms with E-state index in [0.29, 0.717) is 13.0 Å². The molecule has 1 fully saturated rings. The summed E-state index contributed by atoms with van der Waals surface area (Å²) in [6.45, 7) is 6.24. The quantitative estimate of drug-likeness (QED) is 0.253. The van der Waals surface area contributed by atoms with E-state index in [2.05, 4.69) is 9.64 Å². The van der Waals surface area contributed by atoms with Crippen molar-refractivity contribution in [2.24, 2.45) is 0 Å². The number of methoxy groups -OCH3 is 1. The number of allylic oxidation sites excluding steroid dienone is 1. The van der Waals surface area contributed by atoms with Gasteiger partial charge in [0.25, 0.3) is 6.47 Å². The third-order valence-corrected chi connectivity index (χ3v) is 5.60. The summed E-state index contributed by atoms with van der Waals surface area (Å²) in [5, 5.41) is 7.90. The van der Waals surface area contributed by atoms with Crippen LogP contribution in [-0.4, -0.2) is 73.5 Å². The van der Waals surface area contributed by atoms with Gasteiger partial charge in [-0.25, -0.2) is 4.79 Å². The molecule has 0 aliphatic carbocycles. The molecule has 1 N–H and O–H groups in total. The number of rotatable bonds is 8. The average molecular weight is 490 g/mol. The fourth-order valence-corrected chi connectivity index (χ4v) is 3.92. The fraction of sp³-hybridized carbons (Fsp3) is 0.500. The average Bonchev–Trinajstić information content (AvgIpc) is 2.78. The molecular weight excluding hydrogens is 458 g/mol. The van der Waals surface area contributed by atoms with Crippen LogP contribution in [0.15, 0.2) is 35.9 Å². The number of halogens is 1. The number of hydrogen-bond acceptors (Lipinski definition) is 9. The second kappa shape index (κ2) is 18.5. The summed E-state index contributed by atoms with van der Waals surface area (Å²) in [6, 6.07) is 7.78. The van der Waals surface area contributed by atoms with Crippen LogP contribution in [0.25, 0.3) is 0 Å². The number of ether oxygens (including phenoxy) is 3. The number of aliphatic hydroxyl groups is 1. The number of carbonyl (C=O) groups is 3. The van der Waals surface area contributed by atoms with E-state index >= 15 is 0 Å². The molecule has 1 aliphatic rings. The van der Waals surface area contributed by atoms with Gasteiger partial charge in [0.1, 0.15) is 12.2 Å². The molecule has 1 aromatic carbocycles. The number of aldehydes is 1. The van der Waals surface area contributed by atoms with Crippen molar-refractivity contribution in [3.8, 4) is 0 Å². The molecule has 0 spiro atoms. The first-order valence-electron chi connectivity index (χ1n) is 9.87. The molecule has 1 heterocycles. The van der Waals surface area contributed by atoms with Gasteiger partial charge in [-0.05, 0) is 43.5 Å². The van der Waals surface area contributed by atoms with E-state index in [9.17, 15) is 9.59 Å². The van der Waals surface area contributed by atoms with E-state index in [0.717, 1.165) is 49.1 Å². The van der Waals surface area contributed by atoms with Crippen LogP contribution in [0, 0.1) is 0 Å². The highest BCUT2D eigenvalue weighted by Crippen LogP contribution is 2.29. The highest BCUT2D eigenvalue weighted by atomic mass is 35.5. The molecule has 1 saturated heterocycles. The summed E-state index contributed by atoms with van der Waals surface area (Å²) in [5.41, 5.74) is 2.11. The molecule has 0 bridgehead atoms. The maximum atomic E-state index is 11.4. The molecule has 10 heteroatoms. The minimum atomic E-state index is -0.662. The van der Waals surface area contributed by atoms with E-state index in [-0.39, 0.29) is 17.3 Å². The third-order valence-electron chi connectivity index (χ3n) is 4.04. The molecule has 0 saturated carbocycles. The van der Waals surface area contributed by atoms with Gasteiger partial charge in [0.05, 0.1) is 13.2 Å². The maximum Gasteiger partial charge on any atom is 0.509 e. The van der Waals surface area contributed by atoms with Crippen LogP contribution >= 0.6 is 23.4 Å². The Morgan fingerprint density at radius 1 is 1.31 bits per heavy atom. The molecule has 1 aliphatic heterocycles. The Hall–Kier alpha value is -2.07. The summed E-state index contributed by atoms with van der Waals surface area (Å²) < 4.78 is 13.9. The molecule has 1 unspecified atom stereocenters. The number of carbonyl (C=O) groups excluding carboxylic acids is 3. The lowest BCUT2D eigenvalue weighted by Gasteiger charge is -2.34. The van der Waals surface area contributed by atoms with Crippen molar-refractivity contribution in [3.63, 3.8) is 0 Å². The van der Waals surface area contributed by atoms with Crippen LogP contribution in [0.3, 0.4) is 0 Å². The molecule has 2 rings (SSSR count). The summed E-state index contributed by atoms with van der Waals surface area (Å²) in [6.07, 6.45) is 2.44. The van der Waals surface area contributed by atoms with Crippen LogP contribution in [0.1, 0.15) is 25.8 Å². The normalized spacial score (nSPS) is 16.7. The van der Waals surface area contributed by atoms with E-state index in [1.165, 1.54) is 18.9 Å². The smallest absolute Gasteiger partial charge is 0.471 e. The standard InChI is InChI=1S/C19H24ClNO4S.C2H4O2.CH4O/c1-14(2)25-19(23)24-13-26-18-7-9-21(12-16(18)8-10-22)11-15-5-3-4-6-17(15)20;1-4-2-3;1-2/h3-6,8,10,14,18H,7,9,11-13H2,1-2H3;2H,1H3;2H,1H3/b16-8-;;. The Labute approximate surface area is 198 Å². The first-order valence-corrected chi connectivity index (χ1v) is 11.3. The van der Waals surface area contributed by atoms with Crippen molar-refractivity contribution >= 4 is 42.3 Å². The predicted molar refractivity (Wildman–Crippen MR) is 126 cm³/mol. The van der Waals surface area contributed by atoms with E-state index in [4.69, 9.17) is 31.0 Å². The van der Waals surface area contributed by atoms with Crippen LogP contribution in [-0.2, 0) is 30.3 Å². The molecule has 0 aromatic heterocycles. The second-order valence-corrected chi connectivity index (χ2v) is 8.18. The number of aliphatic hydroxyl groups excluding tert-OH is 1. The zero-order valence-corrected chi connectivity index (χ0v) is 20.4. The van der Waals surface area contributed by atoms with Gasteiger partial charge in [-0.1, -0.05) is 29.8 Å². The lowest BCUT2D eigenvalue weighted by atomic mass is 10.0. The van der Waals surface area contributed by atoms with E-state index in [1.807, 2.05) is 24.3 Å². The van der Waals surface area contributed by atoms with Crippen molar-refractivity contribution in [3.05, 3.63) is 46.5 Å². The summed E-state index contributed by atoms with van der Waals surface area (Å²) in [4.78, 5) is 33.7. The molecule has 8 nitrogen and oxygen atoms in total. The number of likely N-dealkylation sites (tertiary alicyclic amines) is 1. The molecule has 0 radical (unpaired) electrons. The largest absolute Gasteiger partial charge is 0.509 e. The molecule has 1 aromatic rings. The summed E-state index contributed by atoms with van der Waals surface area (Å²) in [5.74, 6) is 0.205. The predicted octanol–water partition coefficient (Wildman–Crippen LogP) is 3.69. The zero-order chi connectivity index (χ0) is 24.4. The van der Waals surface area contributed by atoms with Crippen molar-refractivity contribution in [2.75, 3.05) is 33.2 Å². The lowest BCUT2D eigenvalue weighted by Crippen LogP contribution is -2.36. The molecule has 1 atom stereocenters. The fourth-order valence-electron chi connectivity index (χ4n) is 2.76.